The molecular formula is C15H17FN4O. The highest BCUT2D eigenvalue weighted by molar-refractivity contribution is 5.44. The van der Waals surface area contributed by atoms with Gasteiger partial charge in [0.2, 0.25) is 5.95 Å². The number of anilines is 2. The monoisotopic (exact) mass is 288 g/mol. The SMILES string of the molecule is Cc1cnc(N2CCOC(c3ccc(F)cc3)C2)nc1N. The highest BCUT2D eigenvalue weighted by Crippen LogP contribution is 2.25. The quantitative estimate of drug-likeness (QED) is 0.916. The minimum Gasteiger partial charge on any atom is -0.383 e. The molecule has 3 rings (SSSR count). The van der Waals surface area contributed by atoms with E-state index in [1.807, 2.05) is 11.8 Å². The number of morpholine rings is 1. The Morgan fingerprint density at radius 1 is 1.33 bits per heavy atom. The van der Waals surface area contributed by atoms with E-state index >= 15 is 0 Å². The van der Waals surface area contributed by atoms with Crippen LogP contribution in [0.5, 0.6) is 0 Å². The molecule has 6 heteroatoms. The summed E-state index contributed by atoms with van der Waals surface area (Å²) < 4.78 is 18.8. The maximum Gasteiger partial charge on any atom is 0.227 e. The normalized spacial score (nSPS) is 18.8. The third-order valence-corrected chi connectivity index (χ3v) is 3.59. The average molecular weight is 288 g/mol. The standard InChI is InChI=1S/C15H17FN4O/c1-10-8-18-15(19-14(10)17)20-6-7-21-13(9-20)11-2-4-12(16)5-3-11/h2-5,8,13H,6-7,9H2,1H3,(H2,17,18,19). The highest BCUT2D eigenvalue weighted by atomic mass is 19.1. The minimum atomic E-state index is -0.249. The first-order valence-electron chi connectivity index (χ1n) is 6.84. The Labute approximate surface area is 122 Å². The summed E-state index contributed by atoms with van der Waals surface area (Å²) >= 11 is 0. The fourth-order valence-electron chi connectivity index (χ4n) is 2.31. The van der Waals surface area contributed by atoms with Crippen LogP contribution < -0.4 is 10.6 Å². The van der Waals surface area contributed by atoms with Crippen molar-refractivity contribution in [3.8, 4) is 0 Å². The fraction of sp³-hybridized carbons (Fsp3) is 0.333. The van der Waals surface area contributed by atoms with E-state index in [4.69, 9.17) is 10.5 Å². The smallest absolute Gasteiger partial charge is 0.227 e. The predicted octanol–water partition coefficient (Wildman–Crippen LogP) is 2.08. The molecule has 1 saturated heterocycles. The average Bonchev–Trinajstić information content (AvgIpc) is 2.51. The topological polar surface area (TPSA) is 64.3 Å². The third kappa shape index (κ3) is 2.95. The van der Waals surface area contributed by atoms with Gasteiger partial charge in [-0.15, -0.1) is 0 Å². The molecule has 1 unspecified atom stereocenters. The summed E-state index contributed by atoms with van der Waals surface area (Å²) in [7, 11) is 0. The van der Waals surface area contributed by atoms with Crippen molar-refractivity contribution in [2.45, 2.75) is 13.0 Å². The van der Waals surface area contributed by atoms with Crippen LogP contribution in [0, 0.1) is 12.7 Å². The molecule has 110 valence electrons. The van der Waals surface area contributed by atoms with Gasteiger partial charge in [0, 0.05) is 18.3 Å². The number of nitrogen functional groups attached to an aromatic ring is 1. The largest absolute Gasteiger partial charge is 0.383 e. The molecule has 0 saturated carbocycles. The molecule has 5 nitrogen and oxygen atoms in total. The molecule has 2 heterocycles. The van der Waals surface area contributed by atoms with Gasteiger partial charge in [-0.25, -0.2) is 9.37 Å². The van der Waals surface area contributed by atoms with Gasteiger partial charge in [0.1, 0.15) is 17.7 Å². The Bertz CT molecular complexity index is 632. The number of ether oxygens (including phenoxy) is 1. The first kappa shape index (κ1) is 13.8. The van der Waals surface area contributed by atoms with Crippen molar-refractivity contribution in [1.29, 1.82) is 0 Å². The molecule has 0 aliphatic carbocycles. The predicted molar refractivity (Wildman–Crippen MR) is 78.5 cm³/mol. The van der Waals surface area contributed by atoms with Gasteiger partial charge in [-0.1, -0.05) is 12.1 Å². The van der Waals surface area contributed by atoms with E-state index in [1.165, 1.54) is 12.1 Å². The maximum absolute atomic E-state index is 13.0. The molecule has 0 radical (unpaired) electrons. The molecule has 0 amide bonds. The van der Waals surface area contributed by atoms with Gasteiger partial charge >= 0.3 is 0 Å². The van der Waals surface area contributed by atoms with Gasteiger partial charge in [-0.05, 0) is 24.6 Å². The number of hydrogen-bond donors (Lipinski definition) is 1. The second kappa shape index (κ2) is 5.65. The van der Waals surface area contributed by atoms with E-state index in [-0.39, 0.29) is 11.9 Å². The van der Waals surface area contributed by atoms with E-state index in [1.54, 1.807) is 18.3 Å². The van der Waals surface area contributed by atoms with Gasteiger partial charge < -0.3 is 15.4 Å². The number of hydrogen-bond acceptors (Lipinski definition) is 5. The van der Waals surface area contributed by atoms with Crippen molar-refractivity contribution in [3.05, 3.63) is 47.4 Å². The molecule has 1 aliphatic heterocycles. The van der Waals surface area contributed by atoms with Crippen LogP contribution in [0.2, 0.25) is 0 Å². The van der Waals surface area contributed by atoms with Crippen molar-refractivity contribution in [2.24, 2.45) is 0 Å². The summed E-state index contributed by atoms with van der Waals surface area (Å²) in [5.74, 6) is 0.847. The lowest BCUT2D eigenvalue weighted by Crippen LogP contribution is -2.39. The lowest BCUT2D eigenvalue weighted by Gasteiger charge is -2.33. The summed E-state index contributed by atoms with van der Waals surface area (Å²) in [6.07, 6.45) is 1.60. The summed E-state index contributed by atoms with van der Waals surface area (Å²) in [4.78, 5) is 10.7. The number of aromatic nitrogens is 2. The Morgan fingerprint density at radius 2 is 2.10 bits per heavy atom. The Kier molecular flexibility index (Phi) is 3.70. The zero-order valence-electron chi connectivity index (χ0n) is 11.8. The van der Waals surface area contributed by atoms with Crippen LogP contribution in [0.25, 0.3) is 0 Å². The molecule has 0 spiro atoms. The van der Waals surface area contributed by atoms with E-state index in [2.05, 4.69) is 9.97 Å². The van der Waals surface area contributed by atoms with Crippen molar-refractivity contribution < 1.29 is 9.13 Å². The Hall–Kier alpha value is -2.21. The zero-order valence-corrected chi connectivity index (χ0v) is 11.8. The number of aryl methyl sites for hydroxylation is 1. The van der Waals surface area contributed by atoms with Crippen molar-refractivity contribution in [1.82, 2.24) is 9.97 Å². The van der Waals surface area contributed by atoms with Crippen LogP contribution in [0.3, 0.4) is 0 Å². The Balaban J connectivity index is 1.79. The second-order valence-corrected chi connectivity index (χ2v) is 5.10. The molecule has 0 bridgehead atoms. The third-order valence-electron chi connectivity index (χ3n) is 3.59. The summed E-state index contributed by atoms with van der Waals surface area (Å²) in [5, 5.41) is 0. The molecule has 21 heavy (non-hydrogen) atoms. The number of benzene rings is 1. The second-order valence-electron chi connectivity index (χ2n) is 5.10. The lowest BCUT2D eigenvalue weighted by atomic mass is 10.1. The number of nitrogens with two attached hydrogens (primary N) is 1. The van der Waals surface area contributed by atoms with Gasteiger partial charge in [-0.2, -0.15) is 4.98 Å². The van der Waals surface area contributed by atoms with Crippen LogP contribution in [0.1, 0.15) is 17.2 Å². The highest BCUT2D eigenvalue weighted by Gasteiger charge is 2.24. The van der Waals surface area contributed by atoms with Gasteiger partial charge in [0.05, 0.1) is 13.2 Å². The number of nitrogens with zero attached hydrogens (tertiary/aromatic N) is 3. The zero-order chi connectivity index (χ0) is 14.8. The van der Waals surface area contributed by atoms with Crippen LogP contribution in [0.4, 0.5) is 16.2 Å². The molecule has 1 aromatic carbocycles. The summed E-state index contributed by atoms with van der Waals surface area (Å²) in [6, 6.07) is 6.37. The fourth-order valence-corrected chi connectivity index (χ4v) is 2.31. The van der Waals surface area contributed by atoms with Crippen LogP contribution in [-0.2, 0) is 4.74 Å². The number of rotatable bonds is 2. The summed E-state index contributed by atoms with van der Waals surface area (Å²) in [5.41, 5.74) is 7.65. The first-order valence-corrected chi connectivity index (χ1v) is 6.84. The lowest BCUT2D eigenvalue weighted by molar-refractivity contribution is 0.0392. The van der Waals surface area contributed by atoms with E-state index in [0.29, 0.717) is 31.5 Å². The van der Waals surface area contributed by atoms with E-state index in [0.717, 1.165) is 11.1 Å². The van der Waals surface area contributed by atoms with Crippen LogP contribution in [-0.4, -0.2) is 29.7 Å². The maximum atomic E-state index is 13.0. The molecule has 1 atom stereocenters. The molecule has 1 aromatic heterocycles. The first-order chi connectivity index (χ1) is 10.1. The Morgan fingerprint density at radius 3 is 2.81 bits per heavy atom. The van der Waals surface area contributed by atoms with Crippen molar-refractivity contribution >= 4 is 11.8 Å². The van der Waals surface area contributed by atoms with E-state index < -0.39 is 0 Å². The molecule has 1 aliphatic rings. The van der Waals surface area contributed by atoms with Crippen LogP contribution in [0.15, 0.2) is 30.5 Å². The molecule has 1 fully saturated rings. The van der Waals surface area contributed by atoms with Gasteiger partial charge in [-0.3, -0.25) is 0 Å². The van der Waals surface area contributed by atoms with Crippen molar-refractivity contribution in [2.75, 3.05) is 30.3 Å². The van der Waals surface area contributed by atoms with Gasteiger partial charge in [0.15, 0.2) is 0 Å². The molecule has 2 N–H and O–H groups in total. The van der Waals surface area contributed by atoms with Gasteiger partial charge in [0.25, 0.3) is 0 Å². The molecular weight excluding hydrogens is 271 g/mol. The minimum absolute atomic E-state index is 0.120. The number of halogens is 1. The summed E-state index contributed by atoms with van der Waals surface area (Å²) in [6.45, 7) is 3.77. The van der Waals surface area contributed by atoms with E-state index in [9.17, 15) is 4.39 Å². The van der Waals surface area contributed by atoms with Crippen LogP contribution >= 0.6 is 0 Å². The van der Waals surface area contributed by atoms with Crippen molar-refractivity contribution in [3.63, 3.8) is 0 Å². The molecule has 2 aromatic rings.